The Morgan fingerprint density at radius 3 is 2.27 bits per heavy atom. The fraction of sp³-hybridized carbons (Fsp3) is 0.562. The summed E-state index contributed by atoms with van der Waals surface area (Å²) >= 11 is 0. The summed E-state index contributed by atoms with van der Waals surface area (Å²) in [6.45, 7) is 8.95. The number of H-pyrrole nitrogens is 1. The zero-order valence-electron chi connectivity index (χ0n) is 14.1. The van der Waals surface area contributed by atoms with Gasteiger partial charge >= 0.3 is 5.97 Å². The van der Waals surface area contributed by atoms with Gasteiger partial charge in [-0.3, -0.25) is 9.59 Å². The molecule has 0 aliphatic heterocycles. The predicted molar refractivity (Wildman–Crippen MR) is 83.1 cm³/mol. The summed E-state index contributed by atoms with van der Waals surface area (Å²) in [6.07, 6.45) is 0.351. The van der Waals surface area contributed by atoms with Crippen LogP contribution in [0.4, 0.5) is 0 Å². The van der Waals surface area contributed by atoms with Crippen LogP contribution in [0.15, 0.2) is 0 Å². The highest BCUT2D eigenvalue weighted by molar-refractivity contribution is 6.04. The maximum atomic E-state index is 12.6. The van der Waals surface area contributed by atoms with Crippen LogP contribution in [0.25, 0.3) is 0 Å². The van der Waals surface area contributed by atoms with Gasteiger partial charge < -0.3 is 14.6 Å². The van der Waals surface area contributed by atoms with Crippen LogP contribution in [0.3, 0.4) is 0 Å². The van der Waals surface area contributed by atoms with E-state index in [4.69, 9.17) is 4.74 Å². The fourth-order valence-electron chi connectivity index (χ4n) is 2.47. The first-order valence-corrected chi connectivity index (χ1v) is 7.34. The summed E-state index contributed by atoms with van der Waals surface area (Å²) in [5, 5.41) is 0. The molecule has 0 aliphatic rings. The average Bonchev–Trinajstić information content (AvgIpc) is 2.77. The van der Waals surface area contributed by atoms with E-state index < -0.39 is 5.97 Å². The summed E-state index contributed by atoms with van der Waals surface area (Å²) in [5.41, 5.74) is 1.90. The lowest BCUT2D eigenvalue weighted by atomic mass is 10.0. The Balaban J connectivity index is 3.10. The molecule has 1 heterocycles. The molecule has 122 valence electrons. The van der Waals surface area contributed by atoms with E-state index in [0.717, 1.165) is 0 Å². The third-order valence-electron chi connectivity index (χ3n) is 3.67. The van der Waals surface area contributed by atoms with E-state index in [2.05, 4.69) is 4.98 Å². The minimum absolute atomic E-state index is 0.00445. The zero-order chi connectivity index (χ0) is 17.0. The number of aromatic amines is 1. The maximum absolute atomic E-state index is 12.6. The van der Waals surface area contributed by atoms with Crippen LogP contribution in [-0.4, -0.2) is 47.2 Å². The minimum Gasteiger partial charge on any atom is -0.464 e. The molecule has 1 aromatic heterocycles. The molecule has 0 saturated heterocycles. The normalized spacial score (nSPS) is 10.7. The lowest BCUT2D eigenvalue weighted by molar-refractivity contribution is -0.132. The van der Waals surface area contributed by atoms with Crippen molar-refractivity contribution in [3.05, 3.63) is 22.5 Å². The van der Waals surface area contributed by atoms with E-state index in [1.54, 1.807) is 25.7 Å². The number of Topliss-reactive ketones (excluding diaryl/α,β-unsaturated/α-hetero) is 1. The summed E-state index contributed by atoms with van der Waals surface area (Å²) < 4.78 is 4.69. The monoisotopic (exact) mass is 308 g/mol. The number of aromatic nitrogens is 1. The second kappa shape index (κ2) is 7.24. The number of ether oxygens (including phenoxy) is 1. The lowest BCUT2D eigenvalue weighted by Gasteiger charge is -2.25. The Labute approximate surface area is 130 Å². The van der Waals surface area contributed by atoms with Crippen molar-refractivity contribution in [1.82, 2.24) is 9.88 Å². The van der Waals surface area contributed by atoms with Crippen molar-refractivity contribution in [2.45, 2.75) is 47.1 Å². The lowest BCUT2D eigenvalue weighted by Crippen LogP contribution is -2.40. The smallest absolute Gasteiger partial charge is 0.354 e. The van der Waals surface area contributed by atoms with Gasteiger partial charge in [-0.15, -0.1) is 0 Å². The Morgan fingerprint density at radius 2 is 1.82 bits per heavy atom. The Morgan fingerprint density at radius 1 is 1.23 bits per heavy atom. The molecule has 0 spiro atoms. The molecule has 0 aliphatic carbocycles. The topological polar surface area (TPSA) is 79.5 Å². The quantitative estimate of drug-likeness (QED) is 0.645. The van der Waals surface area contributed by atoms with E-state index >= 15 is 0 Å². The number of hydrogen-bond acceptors (Lipinski definition) is 4. The molecular weight excluding hydrogens is 284 g/mol. The number of carbonyl (C=O) groups is 3. The highest BCUT2D eigenvalue weighted by Crippen LogP contribution is 2.20. The summed E-state index contributed by atoms with van der Waals surface area (Å²) in [7, 11) is 1.29. The molecular formula is C16H24N2O4. The number of rotatable bonds is 6. The Bertz CT molecular complexity index is 587. The van der Waals surface area contributed by atoms with Crippen LogP contribution in [0.1, 0.15) is 59.3 Å². The molecule has 1 N–H and O–H groups in total. The van der Waals surface area contributed by atoms with Gasteiger partial charge in [0.2, 0.25) is 5.91 Å². The van der Waals surface area contributed by atoms with E-state index in [1.807, 2.05) is 13.8 Å². The number of methoxy groups -OCH3 is 1. The van der Waals surface area contributed by atoms with Gasteiger partial charge in [-0.1, -0.05) is 6.92 Å². The second-order valence-electron chi connectivity index (χ2n) is 5.51. The van der Waals surface area contributed by atoms with Crippen LogP contribution in [-0.2, 0) is 9.53 Å². The zero-order valence-corrected chi connectivity index (χ0v) is 14.1. The van der Waals surface area contributed by atoms with Crippen LogP contribution in [0, 0.1) is 13.8 Å². The van der Waals surface area contributed by atoms with Crippen molar-refractivity contribution in [2.24, 2.45) is 0 Å². The molecule has 0 atom stereocenters. The van der Waals surface area contributed by atoms with Gasteiger partial charge in [0.1, 0.15) is 5.69 Å². The molecule has 1 amide bonds. The van der Waals surface area contributed by atoms with Crippen LogP contribution < -0.4 is 0 Å². The third-order valence-corrected chi connectivity index (χ3v) is 3.67. The number of ketones is 1. The molecule has 6 nitrogen and oxygen atoms in total. The van der Waals surface area contributed by atoms with Crippen molar-refractivity contribution in [1.29, 1.82) is 0 Å². The predicted octanol–water partition coefficient (Wildman–Crippen LogP) is 2.25. The van der Waals surface area contributed by atoms with Crippen LogP contribution in [0.2, 0.25) is 0 Å². The molecule has 1 aromatic rings. The van der Waals surface area contributed by atoms with Gasteiger partial charge in [-0.05, 0) is 33.3 Å². The summed E-state index contributed by atoms with van der Waals surface area (Å²) in [6, 6.07) is -0.0592. The van der Waals surface area contributed by atoms with Crippen molar-refractivity contribution >= 4 is 17.7 Å². The Kier molecular flexibility index (Phi) is 5.91. The van der Waals surface area contributed by atoms with Gasteiger partial charge in [0, 0.05) is 23.7 Å². The highest BCUT2D eigenvalue weighted by atomic mass is 16.5. The van der Waals surface area contributed by atoms with Crippen LogP contribution in [0.5, 0.6) is 0 Å². The number of amides is 1. The number of carbonyl (C=O) groups excluding carboxylic acids is 3. The SMILES string of the molecule is CCC(=O)N(CC(=O)c1c(C)[nH]c(C(=O)OC)c1C)C(C)C. The first-order chi connectivity index (χ1) is 10.2. The van der Waals surface area contributed by atoms with E-state index in [0.29, 0.717) is 23.2 Å². The van der Waals surface area contributed by atoms with E-state index in [9.17, 15) is 14.4 Å². The van der Waals surface area contributed by atoms with Gasteiger partial charge in [-0.2, -0.15) is 0 Å². The summed E-state index contributed by atoms with van der Waals surface area (Å²) in [5.74, 6) is -0.760. The first-order valence-electron chi connectivity index (χ1n) is 7.34. The highest BCUT2D eigenvalue weighted by Gasteiger charge is 2.25. The third kappa shape index (κ3) is 3.55. The van der Waals surface area contributed by atoms with Crippen molar-refractivity contribution < 1.29 is 19.1 Å². The average molecular weight is 308 g/mol. The molecule has 1 rings (SSSR count). The number of nitrogens with zero attached hydrogens (tertiary/aromatic N) is 1. The van der Waals surface area contributed by atoms with Gasteiger partial charge in [0.05, 0.1) is 13.7 Å². The molecule has 0 bridgehead atoms. The van der Waals surface area contributed by atoms with E-state index in [1.165, 1.54) is 7.11 Å². The van der Waals surface area contributed by atoms with E-state index in [-0.39, 0.29) is 30.0 Å². The van der Waals surface area contributed by atoms with Crippen molar-refractivity contribution in [3.8, 4) is 0 Å². The molecule has 6 heteroatoms. The number of nitrogens with one attached hydrogen (secondary N) is 1. The molecule has 0 aromatic carbocycles. The fourth-order valence-corrected chi connectivity index (χ4v) is 2.47. The molecule has 22 heavy (non-hydrogen) atoms. The molecule has 0 fully saturated rings. The molecule has 0 saturated carbocycles. The Hall–Kier alpha value is -2.11. The second-order valence-corrected chi connectivity index (χ2v) is 5.51. The van der Waals surface area contributed by atoms with Crippen molar-refractivity contribution in [3.63, 3.8) is 0 Å². The van der Waals surface area contributed by atoms with Gasteiger partial charge in [-0.25, -0.2) is 4.79 Å². The minimum atomic E-state index is -0.509. The molecule has 0 radical (unpaired) electrons. The van der Waals surface area contributed by atoms with Gasteiger partial charge in [0.15, 0.2) is 5.78 Å². The molecule has 0 unspecified atom stereocenters. The first kappa shape index (κ1) is 17.9. The number of aryl methyl sites for hydroxylation is 1. The van der Waals surface area contributed by atoms with Crippen molar-refractivity contribution in [2.75, 3.05) is 13.7 Å². The maximum Gasteiger partial charge on any atom is 0.354 e. The number of esters is 1. The number of hydrogen-bond donors (Lipinski definition) is 1. The standard InChI is InChI=1S/C16H24N2O4/c1-7-13(20)18(9(2)3)8-12(19)14-10(4)15(16(21)22-6)17-11(14)5/h9,17H,7-8H2,1-6H3. The van der Waals surface area contributed by atoms with Gasteiger partial charge in [0.25, 0.3) is 0 Å². The largest absolute Gasteiger partial charge is 0.464 e. The van der Waals surface area contributed by atoms with Crippen LogP contribution >= 0.6 is 0 Å². The summed E-state index contributed by atoms with van der Waals surface area (Å²) in [4.78, 5) is 40.6.